The lowest BCUT2D eigenvalue weighted by atomic mass is 10.2. The van der Waals surface area contributed by atoms with Crippen molar-refractivity contribution in [2.24, 2.45) is 0 Å². The topological polar surface area (TPSA) is 25.8 Å². The largest absolute Gasteiger partial charge is 0.229 e. The zero-order valence-corrected chi connectivity index (χ0v) is 13.6. The second kappa shape index (κ2) is 5.43. The molecular formula is C17H16N2S2. The zero-order chi connectivity index (χ0) is 14.2. The van der Waals surface area contributed by atoms with E-state index in [1.165, 1.54) is 51.0 Å². The van der Waals surface area contributed by atoms with Crippen LogP contribution in [0.1, 0.15) is 28.0 Å². The Balaban J connectivity index is 1.65. The number of aryl methyl sites for hydroxylation is 3. The highest BCUT2D eigenvalue weighted by Crippen LogP contribution is 2.40. The first-order chi connectivity index (χ1) is 10.3. The second-order valence-corrected chi connectivity index (χ2v) is 7.54. The van der Waals surface area contributed by atoms with Gasteiger partial charge in [-0.1, -0.05) is 29.8 Å². The van der Waals surface area contributed by atoms with E-state index < -0.39 is 0 Å². The fourth-order valence-corrected chi connectivity index (χ4v) is 5.12. The summed E-state index contributed by atoms with van der Waals surface area (Å²) in [5.74, 6) is 0.969. The average molecular weight is 312 g/mol. The van der Waals surface area contributed by atoms with Crippen molar-refractivity contribution in [3.8, 4) is 0 Å². The van der Waals surface area contributed by atoms with E-state index in [0.717, 1.165) is 10.8 Å². The molecule has 4 rings (SSSR count). The maximum absolute atomic E-state index is 4.55. The van der Waals surface area contributed by atoms with Crippen LogP contribution in [0.3, 0.4) is 0 Å². The molecular weight excluding hydrogens is 296 g/mol. The maximum Gasteiger partial charge on any atom is 0.128 e. The lowest BCUT2D eigenvalue weighted by Gasteiger charge is -2.04. The summed E-state index contributed by atoms with van der Waals surface area (Å²) in [5.41, 5.74) is 4.18. The normalized spacial score (nSPS) is 13.8. The van der Waals surface area contributed by atoms with Crippen LogP contribution >= 0.6 is 23.1 Å². The van der Waals surface area contributed by atoms with Crippen molar-refractivity contribution in [3.05, 3.63) is 52.2 Å². The van der Waals surface area contributed by atoms with E-state index >= 15 is 0 Å². The third kappa shape index (κ3) is 2.47. The van der Waals surface area contributed by atoms with E-state index in [-0.39, 0.29) is 0 Å². The molecule has 0 radical (unpaired) electrons. The van der Waals surface area contributed by atoms with Crippen LogP contribution in [-0.4, -0.2) is 9.97 Å². The molecule has 0 atom stereocenters. The van der Waals surface area contributed by atoms with Crippen molar-refractivity contribution < 1.29 is 0 Å². The molecule has 0 fully saturated rings. The first kappa shape index (κ1) is 13.3. The van der Waals surface area contributed by atoms with E-state index in [2.05, 4.69) is 41.2 Å². The highest BCUT2D eigenvalue weighted by molar-refractivity contribution is 7.98. The van der Waals surface area contributed by atoms with Gasteiger partial charge in [0.1, 0.15) is 16.2 Å². The predicted octanol–water partition coefficient (Wildman–Crippen LogP) is 4.78. The van der Waals surface area contributed by atoms with E-state index in [1.807, 2.05) is 23.1 Å². The van der Waals surface area contributed by atoms with Gasteiger partial charge in [-0.05, 0) is 37.3 Å². The Labute approximate surface area is 132 Å². The van der Waals surface area contributed by atoms with Gasteiger partial charge in [0.2, 0.25) is 0 Å². The monoisotopic (exact) mass is 312 g/mol. The van der Waals surface area contributed by atoms with Crippen molar-refractivity contribution in [3.63, 3.8) is 0 Å². The van der Waals surface area contributed by atoms with E-state index in [1.54, 1.807) is 6.33 Å². The van der Waals surface area contributed by atoms with Crippen LogP contribution in [0.5, 0.6) is 0 Å². The van der Waals surface area contributed by atoms with Crippen molar-refractivity contribution in [2.45, 2.75) is 37.0 Å². The summed E-state index contributed by atoms with van der Waals surface area (Å²) in [6.45, 7) is 2.12. The minimum absolute atomic E-state index is 0.969. The fraction of sp³-hybridized carbons (Fsp3) is 0.294. The molecule has 0 saturated carbocycles. The minimum atomic E-state index is 0.969. The summed E-state index contributed by atoms with van der Waals surface area (Å²) < 4.78 is 0. The summed E-state index contributed by atoms with van der Waals surface area (Å²) >= 11 is 3.69. The Bertz CT molecular complexity index is 790. The van der Waals surface area contributed by atoms with Crippen LogP contribution in [0.15, 0.2) is 35.6 Å². The van der Waals surface area contributed by atoms with Gasteiger partial charge < -0.3 is 0 Å². The number of aromatic nitrogens is 2. The molecule has 2 nitrogen and oxygen atoms in total. The third-order valence-electron chi connectivity index (χ3n) is 3.96. The Morgan fingerprint density at radius 1 is 1.14 bits per heavy atom. The van der Waals surface area contributed by atoms with Crippen molar-refractivity contribution in [1.82, 2.24) is 9.97 Å². The van der Waals surface area contributed by atoms with Crippen LogP contribution in [-0.2, 0) is 18.6 Å². The maximum atomic E-state index is 4.55. The molecule has 1 aliphatic carbocycles. The van der Waals surface area contributed by atoms with Crippen LogP contribution in [0.25, 0.3) is 10.2 Å². The molecule has 0 amide bonds. The molecule has 0 N–H and O–H groups in total. The Kier molecular flexibility index (Phi) is 3.43. The van der Waals surface area contributed by atoms with E-state index in [0.29, 0.717) is 0 Å². The third-order valence-corrected chi connectivity index (χ3v) is 6.22. The highest BCUT2D eigenvalue weighted by atomic mass is 32.2. The number of benzene rings is 1. The first-order valence-electron chi connectivity index (χ1n) is 7.25. The number of hydrogen-bond donors (Lipinski definition) is 0. The summed E-state index contributed by atoms with van der Waals surface area (Å²) in [7, 11) is 0. The second-order valence-electron chi connectivity index (χ2n) is 5.49. The predicted molar refractivity (Wildman–Crippen MR) is 90.2 cm³/mol. The molecule has 4 heteroatoms. The smallest absolute Gasteiger partial charge is 0.128 e. The Morgan fingerprint density at radius 3 is 2.86 bits per heavy atom. The molecule has 106 valence electrons. The number of thiophene rings is 1. The standard InChI is InChI=1S/C17H16N2S2/c1-11-5-7-12(8-6-11)9-20-16-15-13-3-2-4-14(13)21-17(15)19-10-18-16/h5-8,10H,2-4,9H2,1H3. The number of nitrogens with zero attached hydrogens (tertiary/aromatic N) is 2. The van der Waals surface area contributed by atoms with E-state index in [4.69, 9.17) is 0 Å². The molecule has 0 spiro atoms. The average Bonchev–Trinajstić information content (AvgIpc) is 3.07. The molecule has 2 aromatic heterocycles. The van der Waals surface area contributed by atoms with Gasteiger partial charge >= 0.3 is 0 Å². The van der Waals surface area contributed by atoms with Crippen molar-refractivity contribution >= 4 is 33.3 Å². The molecule has 3 aromatic rings. The van der Waals surface area contributed by atoms with Gasteiger partial charge in [0.15, 0.2) is 0 Å². The molecule has 0 bridgehead atoms. The summed E-state index contributed by atoms with van der Waals surface area (Å²) in [4.78, 5) is 11.7. The van der Waals surface area contributed by atoms with Gasteiger partial charge in [-0.3, -0.25) is 0 Å². The zero-order valence-electron chi connectivity index (χ0n) is 11.9. The summed E-state index contributed by atoms with van der Waals surface area (Å²) in [5, 5.41) is 2.48. The molecule has 0 unspecified atom stereocenters. The van der Waals surface area contributed by atoms with Crippen molar-refractivity contribution in [1.29, 1.82) is 0 Å². The van der Waals surface area contributed by atoms with Gasteiger partial charge in [0.05, 0.1) is 0 Å². The minimum Gasteiger partial charge on any atom is -0.229 e. The van der Waals surface area contributed by atoms with Gasteiger partial charge in [-0.2, -0.15) is 0 Å². The number of rotatable bonds is 3. The summed E-state index contributed by atoms with van der Waals surface area (Å²) in [6, 6.07) is 8.76. The quantitative estimate of drug-likeness (QED) is 0.514. The van der Waals surface area contributed by atoms with Gasteiger partial charge in [-0.25, -0.2) is 9.97 Å². The van der Waals surface area contributed by atoms with Gasteiger partial charge in [0.25, 0.3) is 0 Å². The highest BCUT2D eigenvalue weighted by Gasteiger charge is 2.21. The van der Waals surface area contributed by atoms with E-state index in [9.17, 15) is 0 Å². The molecule has 1 aromatic carbocycles. The molecule has 2 heterocycles. The van der Waals surface area contributed by atoms with Crippen molar-refractivity contribution in [2.75, 3.05) is 0 Å². The lowest BCUT2D eigenvalue weighted by molar-refractivity contribution is 0.915. The first-order valence-corrected chi connectivity index (χ1v) is 9.05. The van der Waals surface area contributed by atoms with Crippen LogP contribution in [0.2, 0.25) is 0 Å². The number of hydrogen-bond acceptors (Lipinski definition) is 4. The number of thioether (sulfide) groups is 1. The summed E-state index contributed by atoms with van der Waals surface area (Å²) in [6.07, 6.45) is 5.42. The molecule has 0 saturated heterocycles. The van der Waals surface area contributed by atoms with Gasteiger partial charge in [-0.15, -0.1) is 23.1 Å². The Morgan fingerprint density at radius 2 is 2.00 bits per heavy atom. The van der Waals surface area contributed by atoms with Crippen LogP contribution < -0.4 is 0 Å². The van der Waals surface area contributed by atoms with Crippen LogP contribution in [0.4, 0.5) is 0 Å². The lowest BCUT2D eigenvalue weighted by Crippen LogP contribution is -1.88. The molecule has 0 aliphatic heterocycles. The SMILES string of the molecule is Cc1ccc(CSc2ncnc3sc4c(c23)CCC4)cc1. The molecule has 1 aliphatic rings. The van der Waals surface area contributed by atoms with Crippen LogP contribution in [0, 0.1) is 6.92 Å². The Hall–Kier alpha value is -1.39. The fourth-order valence-electron chi connectivity index (χ4n) is 2.85. The number of fused-ring (bicyclic) bond motifs is 3. The molecule has 21 heavy (non-hydrogen) atoms. The van der Waals surface area contributed by atoms with Gasteiger partial charge in [0, 0.05) is 16.0 Å².